The van der Waals surface area contributed by atoms with Crippen LogP contribution in [0.2, 0.25) is 0 Å². The van der Waals surface area contributed by atoms with Crippen molar-refractivity contribution in [2.24, 2.45) is 0 Å². The Labute approximate surface area is 173 Å². The second-order valence-electron chi connectivity index (χ2n) is 8.47. The minimum atomic E-state index is -0.188. The zero-order valence-corrected chi connectivity index (χ0v) is 18.0. The third kappa shape index (κ3) is 4.58. The van der Waals surface area contributed by atoms with Gasteiger partial charge in [0.15, 0.2) is 0 Å². The number of anilines is 1. The van der Waals surface area contributed by atoms with Crippen LogP contribution in [0.5, 0.6) is 0 Å². The SMILES string of the molecule is CCc1[nH]nc(-c2ccc(C(C)(C)C)cc2)c1NC(=O)[C@H](CC)c1ccccc1. The van der Waals surface area contributed by atoms with Crippen molar-refractivity contribution in [2.45, 2.75) is 58.8 Å². The molecule has 2 aromatic carbocycles. The first-order valence-electron chi connectivity index (χ1n) is 10.4. The van der Waals surface area contributed by atoms with E-state index in [2.05, 4.69) is 67.5 Å². The first-order chi connectivity index (χ1) is 13.8. The molecule has 4 heteroatoms. The molecule has 0 bridgehead atoms. The van der Waals surface area contributed by atoms with Crippen LogP contribution in [0, 0.1) is 0 Å². The van der Waals surface area contributed by atoms with Gasteiger partial charge in [0.05, 0.1) is 17.3 Å². The molecule has 152 valence electrons. The summed E-state index contributed by atoms with van der Waals surface area (Å²) in [5.41, 5.74) is 5.92. The Kier molecular flexibility index (Phi) is 6.21. The number of aromatic amines is 1. The van der Waals surface area contributed by atoms with Crippen LogP contribution in [-0.4, -0.2) is 16.1 Å². The van der Waals surface area contributed by atoms with E-state index in [1.54, 1.807) is 0 Å². The Morgan fingerprint density at radius 1 is 1.03 bits per heavy atom. The van der Waals surface area contributed by atoms with Gasteiger partial charge in [0.1, 0.15) is 5.69 Å². The van der Waals surface area contributed by atoms with Crippen LogP contribution in [0.1, 0.15) is 63.8 Å². The summed E-state index contributed by atoms with van der Waals surface area (Å²) in [6.07, 6.45) is 1.51. The highest BCUT2D eigenvalue weighted by Crippen LogP contribution is 2.32. The van der Waals surface area contributed by atoms with Gasteiger partial charge in [0.2, 0.25) is 5.91 Å². The summed E-state index contributed by atoms with van der Waals surface area (Å²) < 4.78 is 0. The van der Waals surface area contributed by atoms with Gasteiger partial charge in [-0.25, -0.2) is 0 Å². The molecule has 0 saturated heterocycles. The van der Waals surface area contributed by atoms with Crippen LogP contribution in [-0.2, 0) is 16.6 Å². The van der Waals surface area contributed by atoms with Crippen LogP contribution in [0.25, 0.3) is 11.3 Å². The summed E-state index contributed by atoms with van der Waals surface area (Å²) in [6.45, 7) is 10.7. The molecule has 3 rings (SSSR count). The van der Waals surface area contributed by atoms with E-state index < -0.39 is 0 Å². The Balaban J connectivity index is 1.92. The normalized spacial score (nSPS) is 12.6. The van der Waals surface area contributed by atoms with Crippen LogP contribution < -0.4 is 5.32 Å². The number of benzene rings is 2. The molecule has 0 radical (unpaired) electrons. The van der Waals surface area contributed by atoms with Crippen molar-refractivity contribution in [1.29, 1.82) is 0 Å². The smallest absolute Gasteiger partial charge is 0.232 e. The molecule has 0 aliphatic heterocycles. The zero-order valence-electron chi connectivity index (χ0n) is 18.0. The van der Waals surface area contributed by atoms with Gasteiger partial charge in [-0.05, 0) is 29.4 Å². The third-order valence-electron chi connectivity index (χ3n) is 5.39. The fraction of sp³-hybridized carbons (Fsp3) is 0.360. The maximum absolute atomic E-state index is 13.1. The molecule has 0 spiro atoms. The van der Waals surface area contributed by atoms with Crippen LogP contribution >= 0.6 is 0 Å². The molecule has 0 saturated carbocycles. The molecule has 1 aromatic heterocycles. The van der Waals surface area contributed by atoms with Crippen molar-refractivity contribution in [3.05, 3.63) is 71.4 Å². The number of H-pyrrole nitrogens is 1. The maximum Gasteiger partial charge on any atom is 0.232 e. The Morgan fingerprint density at radius 2 is 1.69 bits per heavy atom. The van der Waals surface area contributed by atoms with Crippen molar-refractivity contribution < 1.29 is 4.79 Å². The lowest BCUT2D eigenvalue weighted by Crippen LogP contribution is -2.21. The monoisotopic (exact) mass is 389 g/mol. The number of carbonyl (C=O) groups is 1. The number of hydrogen-bond donors (Lipinski definition) is 2. The number of nitrogens with one attached hydrogen (secondary N) is 2. The van der Waals surface area contributed by atoms with E-state index in [1.807, 2.05) is 37.3 Å². The molecule has 29 heavy (non-hydrogen) atoms. The van der Waals surface area contributed by atoms with E-state index in [4.69, 9.17) is 0 Å². The molecule has 2 N–H and O–H groups in total. The topological polar surface area (TPSA) is 57.8 Å². The molecule has 1 atom stereocenters. The average molecular weight is 390 g/mol. The summed E-state index contributed by atoms with van der Waals surface area (Å²) >= 11 is 0. The molecular formula is C25H31N3O. The molecule has 0 unspecified atom stereocenters. The van der Waals surface area contributed by atoms with E-state index in [9.17, 15) is 4.79 Å². The average Bonchev–Trinajstić information content (AvgIpc) is 3.11. The highest BCUT2D eigenvalue weighted by molar-refractivity contribution is 5.99. The summed E-state index contributed by atoms with van der Waals surface area (Å²) in [5.74, 6) is -0.186. The van der Waals surface area contributed by atoms with E-state index in [1.165, 1.54) is 5.56 Å². The van der Waals surface area contributed by atoms with Crippen LogP contribution in [0.3, 0.4) is 0 Å². The standard InChI is InChI=1S/C25H31N3O/c1-6-20(17-11-9-8-10-12-17)24(29)26-23-21(7-2)27-28-22(23)18-13-15-19(16-14-18)25(3,4)5/h8-16,20H,6-7H2,1-5H3,(H,26,29)(H,27,28)/t20-/m1/s1. The van der Waals surface area contributed by atoms with Crippen molar-refractivity contribution in [3.8, 4) is 11.3 Å². The van der Waals surface area contributed by atoms with Crippen molar-refractivity contribution >= 4 is 11.6 Å². The molecule has 0 aliphatic rings. The predicted molar refractivity (Wildman–Crippen MR) is 120 cm³/mol. The van der Waals surface area contributed by atoms with Crippen molar-refractivity contribution in [3.63, 3.8) is 0 Å². The van der Waals surface area contributed by atoms with Gasteiger partial charge in [0.25, 0.3) is 0 Å². The van der Waals surface area contributed by atoms with E-state index in [-0.39, 0.29) is 17.2 Å². The zero-order chi connectivity index (χ0) is 21.0. The minimum Gasteiger partial charge on any atom is -0.322 e. The lowest BCUT2D eigenvalue weighted by molar-refractivity contribution is -0.117. The number of aryl methyl sites for hydroxylation is 1. The number of carbonyl (C=O) groups excluding carboxylic acids is 1. The summed E-state index contributed by atoms with van der Waals surface area (Å²) in [6, 6.07) is 18.4. The van der Waals surface area contributed by atoms with Gasteiger partial charge in [-0.3, -0.25) is 9.89 Å². The van der Waals surface area contributed by atoms with Gasteiger partial charge >= 0.3 is 0 Å². The molecular weight excluding hydrogens is 358 g/mol. The number of amides is 1. The summed E-state index contributed by atoms with van der Waals surface area (Å²) in [7, 11) is 0. The number of nitrogens with zero attached hydrogens (tertiary/aromatic N) is 1. The highest BCUT2D eigenvalue weighted by atomic mass is 16.1. The van der Waals surface area contributed by atoms with Gasteiger partial charge < -0.3 is 5.32 Å². The Hall–Kier alpha value is -2.88. The van der Waals surface area contributed by atoms with E-state index >= 15 is 0 Å². The number of aromatic nitrogens is 2. The molecule has 3 aromatic rings. The van der Waals surface area contributed by atoms with Gasteiger partial charge in [-0.15, -0.1) is 0 Å². The second kappa shape index (κ2) is 8.64. The molecule has 0 fully saturated rings. The quantitative estimate of drug-likeness (QED) is 0.537. The largest absolute Gasteiger partial charge is 0.322 e. The summed E-state index contributed by atoms with van der Waals surface area (Å²) in [5, 5.41) is 10.8. The second-order valence-corrected chi connectivity index (χ2v) is 8.47. The van der Waals surface area contributed by atoms with Crippen molar-refractivity contribution in [1.82, 2.24) is 10.2 Å². The lowest BCUT2D eigenvalue weighted by Gasteiger charge is -2.19. The fourth-order valence-corrected chi connectivity index (χ4v) is 3.57. The Bertz CT molecular complexity index is 950. The van der Waals surface area contributed by atoms with E-state index in [0.29, 0.717) is 0 Å². The Morgan fingerprint density at radius 3 is 2.24 bits per heavy atom. The fourth-order valence-electron chi connectivity index (χ4n) is 3.57. The summed E-state index contributed by atoms with van der Waals surface area (Å²) in [4.78, 5) is 13.1. The molecule has 1 heterocycles. The maximum atomic E-state index is 13.1. The molecule has 1 amide bonds. The van der Waals surface area contributed by atoms with Gasteiger partial charge in [-0.1, -0.05) is 89.2 Å². The molecule has 0 aliphatic carbocycles. The van der Waals surface area contributed by atoms with Crippen LogP contribution in [0.4, 0.5) is 5.69 Å². The minimum absolute atomic E-state index is 0.00219. The van der Waals surface area contributed by atoms with E-state index in [0.717, 1.165) is 41.0 Å². The van der Waals surface area contributed by atoms with Crippen LogP contribution in [0.15, 0.2) is 54.6 Å². The lowest BCUT2D eigenvalue weighted by atomic mass is 9.86. The molecule has 4 nitrogen and oxygen atoms in total. The number of hydrogen-bond acceptors (Lipinski definition) is 2. The highest BCUT2D eigenvalue weighted by Gasteiger charge is 2.23. The van der Waals surface area contributed by atoms with Gasteiger partial charge in [-0.2, -0.15) is 5.10 Å². The third-order valence-corrected chi connectivity index (χ3v) is 5.39. The predicted octanol–water partition coefficient (Wildman–Crippen LogP) is 6.07. The first-order valence-corrected chi connectivity index (χ1v) is 10.4. The van der Waals surface area contributed by atoms with Gasteiger partial charge in [0, 0.05) is 5.56 Å². The first kappa shape index (κ1) is 20.8. The van der Waals surface area contributed by atoms with Crippen molar-refractivity contribution in [2.75, 3.05) is 5.32 Å². The number of rotatable bonds is 6.